The Morgan fingerprint density at radius 2 is 1.91 bits per heavy atom. The topological polar surface area (TPSA) is 47.3 Å². The molecule has 3 rings (SSSR count). The van der Waals surface area contributed by atoms with Gasteiger partial charge in [0, 0.05) is 5.02 Å². The van der Waals surface area contributed by atoms with Crippen molar-refractivity contribution in [1.29, 1.82) is 0 Å². The highest BCUT2D eigenvalue weighted by Gasteiger charge is 2.12. The van der Waals surface area contributed by atoms with Crippen molar-refractivity contribution >= 4 is 22.6 Å². The monoisotopic (exact) mass is 330 g/mol. The lowest BCUT2D eigenvalue weighted by atomic mass is 10.1. The Morgan fingerprint density at radius 1 is 1.17 bits per heavy atom. The van der Waals surface area contributed by atoms with Gasteiger partial charge in [0.05, 0.1) is 42.7 Å². The van der Waals surface area contributed by atoms with Crippen LogP contribution in [0.4, 0.5) is 0 Å². The third-order valence-corrected chi connectivity index (χ3v) is 4.06. The number of rotatable bonds is 6. The highest BCUT2D eigenvalue weighted by molar-refractivity contribution is 6.30. The summed E-state index contributed by atoms with van der Waals surface area (Å²) in [6.07, 6.45) is 1.06. The molecule has 0 amide bonds. The quantitative estimate of drug-likeness (QED) is 0.747. The number of imidazole rings is 1. The van der Waals surface area contributed by atoms with Crippen LogP contribution in [0.1, 0.15) is 18.6 Å². The molecule has 0 bridgehead atoms. The van der Waals surface area contributed by atoms with Crippen molar-refractivity contribution in [1.82, 2.24) is 9.55 Å². The van der Waals surface area contributed by atoms with Gasteiger partial charge in [-0.15, -0.1) is 0 Å². The van der Waals surface area contributed by atoms with Crippen LogP contribution in [0.25, 0.3) is 11.0 Å². The summed E-state index contributed by atoms with van der Waals surface area (Å²) in [5.41, 5.74) is 2.97. The van der Waals surface area contributed by atoms with E-state index in [1.165, 1.54) is 0 Å². The van der Waals surface area contributed by atoms with E-state index < -0.39 is 6.10 Å². The first-order valence-corrected chi connectivity index (χ1v) is 7.96. The number of aliphatic hydroxyl groups excluding tert-OH is 1. The number of aromatic nitrogens is 2. The number of ether oxygens (including phenoxy) is 1. The van der Waals surface area contributed by atoms with E-state index in [-0.39, 0.29) is 12.7 Å². The van der Waals surface area contributed by atoms with Crippen molar-refractivity contribution in [2.75, 3.05) is 6.61 Å². The second-order valence-corrected chi connectivity index (χ2v) is 6.00. The second-order valence-electron chi connectivity index (χ2n) is 5.57. The summed E-state index contributed by atoms with van der Waals surface area (Å²) in [6, 6.07) is 15.4. The predicted octanol–water partition coefficient (Wildman–Crippen LogP) is 3.83. The van der Waals surface area contributed by atoms with Crippen LogP contribution in [0.2, 0.25) is 5.02 Å². The lowest BCUT2D eigenvalue weighted by Gasteiger charge is -2.17. The maximum atomic E-state index is 10.2. The summed E-state index contributed by atoms with van der Waals surface area (Å²) >= 11 is 5.88. The second kappa shape index (κ2) is 7.13. The Balaban J connectivity index is 1.57. The minimum absolute atomic E-state index is 0.0959. The van der Waals surface area contributed by atoms with E-state index in [9.17, 15) is 5.11 Å². The van der Waals surface area contributed by atoms with Gasteiger partial charge < -0.3 is 14.4 Å². The number of halogens is 1. The highest BCUT2D eigenvalue weighted by atomic mass is 35.5. The van der Waals surface area contributed by atoms with Crippen molar-refractivity contribution in [2.45, 2.75) is 25.7 Å². The third kappa shape index (κ3) is 3.91. The van der Waals surface area contributed by atoms with Gasteiger partial charge in [-0.1, -0.05) is 35.9 Å². The van der Waals surface area contributed by atoms with Gasteiger partial charge in [0.2, 0.25) is 0 Å². The number of nitrogens with zero attached hydrogens (tertiary/aromatic N) is 2. The fraction of sp³-hybridized carbons (Fsp3) is 0.278. The molecular formula is C18H19ClN2O2. The van der Waals surface area contributed by atoms with Gasteiger partial charge in [-0.05, 0) is 36.8 Å². The lowest BCUT2D eigenvalue weighted by molar-refractivity contribution is -0.00834. The van der Waals surface area contributed by atoms with Gasteiger partial charge in [-0.25, -0.2) is 4.98 Å². The van der Waals surface area contributed by atoms with E-state index in [2.05, 4.69) is 4.98 Å². The zero-order valence-corrected chi connectivity index (χ0v) is 13.6. The van der Waals surface area contributed by atoms with E-state index in [0.717, 1.165) is 16.6 Å². The Hall–Kier alpha value is -1.88. The Bertz CT molecular complexity index is 770. The van der Waals surface area contributed by atoms with Crippen molar-refractivity contribution < 1.29 is 9.84 Å². The van der Waals surface area contributed by atoms with Crippen molar-refractivity contribution in [3.63, 3.8) is 0 Å². The van der Waals surface area contributed by atoms with Crippen LogP contribution in [-0.4, -0.2) is 27.4 Å². The SMILES string of the molecule is CC(OCC(O)Cn1cnc2ccccc21)c1ccc(Cl)cc1. The Labute approximate surface area is 140 Å². The molecule has 2 unspecified atom stereocenters. The van der Waals surface area contributed by atoms with Crippen LogP contribution >= 0.6 is 11.6 Å². The van der Waals surface area contributed by atoms with Gasteiger partial charge in [0.1, 0.15) is 0 Å². The van der Waals surface area contributed by atoms with Crippen LogP contribution < -0.4 is 0 Å². The third-order valence-electron chi connectivity index (χ3n) is 3.81. The van der Waals surface area contributed by atoms with Crippen LogP contribution in [0, 0.1) is 0 Å². The molecule has 0 aliphatic heterocycles. The van der Waals surface area contributed by atoms with E-state index >= 15 is 0 Å². The lowest BCUT2D eigenvalue weighted by Crippen LogP contribution is -2.22. The number of aliphatic hydroxyl groups is 1. The first-order chi connectivity index (χ1) is 11.1. The number of para-hydroxylation sites is 2. The summed E-state index contributed by atoms with van der Waals surface area (Å²) < 4.78 is 7.70. The molecule has 0 spiro atoms. The summed E-state index contributed by atoms with van der Waals surface area (Å²) in [7, 11) is 0. The molecule has 120 valence electrons. The number of benzene rings is 2. The van der Waals surface area contributed by atoms with Crippen molar-refractivity contribution in [3.05, 3.63) is 65.4 Å². The van der Waals surface area contributed by atoms with Gasteiger partial charge in [0.25, 0.3) is 0 Å². The van der Waals surface area contributed by atoms with Crippen LogP contribution in [0.15, 0.2) is 54.9 Å². The number of fused-ring (bicyclic) bond motifs is 1. The molecule has 0 aliphatic carbocycles. The van der Waals surface area contributed by atoms with Gasteiger partial charge in [0.15, 0.2) is 0 Å². The zero-order chi connectivity index (χ0) is 16.2. The molecule has 1 aromatic heterocycles. The largest absolute Gasteiger partial charge is 0.389 e. The molecule has 0 saturated carbocycles. The summed E-state index contributed by atoms with van der Waals surface area (Å²) in [4.78, 5) is 4.32. The molecule has 0 aliphatic rings. The van der Waals surface area contributed by atoms with Crippen molar-refractivity contribution in [2.24, 2.45) is 0 Å². The maximum absolute atomic E-state index is 10.2. The van der Waals surface area contributed by atoms with Crippen LogP contribution in [-0.2, 0) is 11.3 Å². The van der Waals surface area contributed by atoms with E-state index in [1.807, 2.05) is 60.0 Å². The first-order valence-electron chi connectivity index (χ1n) is 7.58. The summed E-state index contributed by atoms with van der Waals surface area (Å²) in [6.45, 7) is 2.67. The van der Waals surface area contributed by atoms with Crippen molar-refractivity contribution in [3.8, 4) is 0 Å². The van der Waals surface area contributed by atoms with Crippen LogP contribution in [0.5, 0.6) is 0 Å². The fourth-order valence-corrected chi connectivity index (χ4v) is 2.65. The standard InChI is InChI=1S/C18H19ClN2O2/c1-13(14-6-8-15(19)9-7-14)23-11-16(22)10-21-12-20-17-4-2-3-5-18(17)21/h2-9,12-13,16,22H,10-11H2,1H3. The zero-order valence-electron chi connectivity index (χ0n) is 12.9. The molecule has 1 heterocycles. The smallest absolute Gasteiger partial charge is 0.0959 e. The highest BCUT2D eigenvalue weighted by Crippen LogP contribution is 2.19. The normalized spacial score (nSPS) is 14.0. The summed E-state index contributed by atoms with van der Waals surface area (Å²) in [5, 5.41) is 10.9. The molecule has 0 saturated heterocycles. The van der Waals surface area contributed by atoms with Gasteiger partial charge >= 0.3 is 0 Å². The molecule has 23 heavy (non-hydrogen) atoms. The molecule has 0 fully saturated rings. The van der Waals surface area contributed by atoms with E-state index in [0.29, 0.717) is 11.6 Å². The average Bonchev–Trinajstić information content (AvgIpc) is 2.96. The Morgan fingerprint density at radius 3 is 2.70 bits per heavy atom. The molecule has 5 heteroatoms. The predicted molar refractivity (Wildman–Crippen MR) is 91.6 cm³/mol. The minimum Gasteiger partial charge on any atom is -0.389 e. The first kappa shape index (κ1) is 16.0. The van der Waals surface area contributed by atoms with Gasteiger partial charge in [-0.3, -0.25) is 0 Å². The van der Waals surface area contributed by atoms with E-state index in [1.54, 1.807) is 6.33 Å². The molecule has 1 N–H and O–H groups in total. The number of hydrogen-bond acceptors (Lipinski definition) is 3. The maximum Gasteiger partial charge on any atom is 0.0959 e. The molecule has 3 aromatic rings. The molecule has 4 nitrogen and oxygen atoms in total. The van der Waals surface area contributed by atoms with E-state index in [4.69, 9.17) is 16.3 Å². The van der Waals surface area contributed by atoms with Gasteiger partial charge in [-0.2, -0.15) is 0 Å². The minimum atomic E-state index is -0.595. The number of hydrogen-bond donors (Lipinski definition) is 1. The Kier molecular flexibility index (Phi) is 4.96. The van der Waals surface area contributed by atoms with Crippen LogP contribution in [0.3, 0.4) is 0 Å². The molecular weight excluding hydrogens is 312 g/mol. The molecule has 2 atom stereocenters. The average molecular weight is 331 g/mol. The molecule has 0 radical (unpaired) electrons. The fourth-order valence-electron chi connectivity index (χ4n) is 2.52. The summed E-state index contributed by atoms with van der Waals surface area (Å²) in [5.74, 6) is 0. The molecule has 2 aromatic carbocycles.